The van der Waals surface area contributed by atoms with Crippen LogP contribution in [-0.4, -0.2) is 23.8 Å². The van der Waals surface area contributed by atoms with E-state index in [1.807, 2.05) is 0 Å². The molecule has 8 heteroatoms. The second-order valence-corrected chi connectivity index (χ2v) is 1.95. The van der Waals surface area contributed by atoms with E-state index in [0.29, 0.717) is 0 Å². The van der Waals surface area contributed by atoms with Gasteiger partial charge in [-0.15, -0.1) is 10.2 Å². The van der Waals surface area contributed by atoms with Crippen molar-refractivity contribution >= 4 is 10.6 Å². The van der Waals surface area contributed by atoms with Crippen molar-refractivity contribution in [3.05, 3.63) is 18.5 Å². The second kappa shape index (κ2) is 4.61. The van der Waals surface area contributed by atoms with E-state index in [4.69, 9.17) is 8.42 Å². The minimum atomic E-state index is -5.67. The molecule has 0 aliphatic carbocycles. The highest BCUT2D eigenvalue weighted by molar-refractivity contribution is 7.81. The van der Waals surface area contributed by atoms with E-state index >= 15 is 0 Å². The summed E-state index contributed by atoms with van der Waals surface area (Å²) in [4.78, 5) is 0. The minimum Gasteiger partial charge on any atom is -0.160 e. The highest BCUT2D eigenvalue weighted by Gasteiger charge is 1.94. The molecule has 0 N–H and O–H groups in total. The van der Waals surface area contributed by atoms with E-state index in [0.717, 1.165) is 0 Å². The normalized spacial score (nSPS) is 9.64. The number of rotatable bonds is 0. The van der Waals surface area contributed by atoms with Gasteiger partial charge in [0.05, 0.1) is 12.4 Å². The van der Waals surface area contributed by atoms with Crippen LogP contribution in [0.3, 0.4) is 0 Å². The summed E-state index contributed by atoms with van der Waals surface area (Å²) in [6.07, 6.45) is 3.15. The van der Waals surface area contributed by atoms with Gasteiger partial charge < -0.3 is 0 Å². The largest absolute Gasteiger partial charge is 0.476 e. The Kier molecular flexibility index (Phi) is 4.11. The Balaban J connectivity index is 0.000000187. The molecule has 0 atom stereocenters. The summed E-state index contributed by atoms with van der Waals surface area (Å²) in [5.41, 5.74) is 0. The molecule has 0 saturated carbocycles. The summed E-state index contributed by atoms with van der Waals surface area (Å²) < 4.78 is 36.6. The summed E-state index contributed by atoms with van der Waals surface area (Å²) in [6.45, 7) is 0. The molecule has 0 spiro atoms. The minimum absolute atomic E-state index is 1.58. The first kappa shape index (κ1) is 9.82. The van der Waals surface area contributed by atoms with Gasteiger partial charge in [-0.05, 0) is 11.3 Å². The predicted molar refractivity (Wildman–Crippen MR) is 31.0 cm³/mol. The fraction of sp³-hybridized carbons (Fsp3) is 0. The molecule has 1 aromatic rings. The quantitative estimate of drug-likeness (QED) is 0.531. The van der Waals surface area contributed by atoms with Gasteiger partial charge >= 0.3 is 10.6 Å². The lowest BCUT2D eigenvalue weighted by Gasteiger charge is -1.68. The average Bonchev–Trinajstić information content (AvgIpc) is 1.88. The number of halogens is 2. The van der Waals surface area contributed by atoms with Crippen molar-refractivity contribution in [3.63, 3.8) is 0 Å². The highest BCUT2D eigenvalue weighted by Crippen LogP contribution is 1.85. The summed E-state index contributed by atoms with van der Waals surface area (Å²) in [5.74, 6) is 0. The van der Waals surface area contributed by atoms with E-state index in [1.54, 1.807) is 18.5 Å². The van der Waals surface area contributed by atoms with Crippen molar-refractivity contribution in [2.24, 2.45) is 0 Å². The van der Waals surface area contributed by atoms with Gasteiger partial charge in [-0.1, -0.05) is 7.77 Å². The van der Waals surface area contributed by atoms with Crippen LogP contribution >= 0.6 is 0 Å². The Morgan fingerprint density at radius 2 is 1.45 bits per heavy atom. The molecule has 0 aliphatic heterocycles. The number of aromatic nitrogens is 3. The van der Waals surface area contributed by atoms with Crippen LogP contribution in [0, 0.1) is 0 Å². The average molecular weight is 183 g/mol. The number of nitrogens with zero attached hydrogens (tertiary/aromatic N) is 3. The Morgan fingerprint density at radius 3 is 1.55 bits per heavy atom. The van der Waals surface area contributed by atoms with Crippen LogP contribution < -0.4 is 0 Å². The molecule has 0 saturated heterocycles. The summed E-state index contributed by atoms with van der Waals surface area (Å²) in [6, 6.07) is 1.72. The van der Waals surface area contributed by atoms with Gasteiger partial charge in [-0.2, -0.15) is 8.42 Å². The van der Waals surface area contributed by atoms with Crippen LogP contribution in [0.4, 0.5) is 7.77 Å². The molecule has 0 radical (unpaired) electrons. The first-order chi connectivity index (χ1) is 5.00. The van der Waals surface area contributed by atoms with Crippen molar-refractivity contribution in [2.45, 2.75) is 0 Å². The molecule has 0 amide bonds. The Labute approximate surface area is 61.6 Å². The highest BCUT2D eigenvalue weighted by atomic mass is 32.3. The van der Waals surface area contributed by atoms with Crippen LogP contribution in [-0.2, 0) is 10.6 Å². The molecule has 62 valence electrons. The Hall–Kier alpha value is -1.18. The van der Waals surface area contributed by atoms with Crippen molar-refractivity contribution in [1.82, 2.24) is 15.4 Å². The standard InChI is InChI=1S/C3H3N3.F2O2S/c1-2-4-6-5-3-1;1-5(2,3)4/h1-3H;. The molecule has 0 fully saturated rings. The van der Waals surface area contributed by atoms with Crippen molar-refractivity contribution in [2.75, 3.05) is 0 Å². The predicted octanol–water partition coefficient (Wildman–Crippen LogP) is 0.0418. The van der Waals surface area contributed by atoms with Crippen LogP contribution in [0.2, 0.25) is 0 Å². The smallest absolute Gasteiger partial charge is 0.160 e. The number of hydrogen-bond donors (Lipinski definition) is 0. The summed E-state index contributed by atoms with van der Waals surface area (Å²) in [7, 11) is -5.67. The van der Waals surface area contributed by atoms with Crippen LogP contribution in [0.15, 0.2) is 18.5 Å². The van der Waals surface area contributed by atoms with Gasteiger partial charge in [0.25, 0.3) is 0 Å². The van der Waals surface area contributed by atoms with Gasteiger partial charge in [0.1, 0.15) is 0 Å². The molecule has 0 aromatic carbocycles. The van der Waals surface area contributed by atoms with Crippen molar-refractivity contribution in [3.8, 4) is 0 Å². The third-order valence-electron chi connectivity index (χ3n) is 0.409. The Morgan fingerprint density at radius 1 is 1.09 bits per heavy atom. The number of hydrogen-bond acceptors (Lipinski definition) is 5. The van der Waals surface area contributed by atoms with Gasteiger partial charge in [0, 0.05) is 0 Å². The van der Waals surface area contributed by atoms with E-state index in [-0.39, 0.29) is 0 Å². The van der Waals surface area contributed by atoms with Crippen LogP contribution in [0.25, 0.3) is 0 Å². The van der Waals surface area contributed by atoms with Gasteiger partial charge in [0.15, 0.2) is 0 Å². The fourth-order valence-electron chi connectivity index (χ4n) is 0.205. The molecule has 0 unspecified atom stereocenters. The van der Waals surface area contributed by atoms with Crippen molar-refractivity contribution < 1.29 is 16.2 Å². The zero-order chi connectivity index (χ0) is 8.74. The molecule has 1 heterocycles. The van der Waals surface area contributed by atoms with Crippen LogP contribution in [0.5, 0.6) is 0 Å². The van der Waals surface area contributed by atoms with E-state index in [1.165, 1.54) is 0 Å². The molecule has 0 aliphatic rings. The van der Waals surface area contributed by atoms with Gasteiger partial charge in [-0.25, -0.2) is 0 Å². The zero-order valence-corrected chi connectivity index (χ0v) is 5.87. The lowest BCUT2D eigenvalue weighted by molar-refractivity contribution is 0.501. The monoisotopic (exact) mass is 183 g/mol. The van der Waals surface area contributed by atoms with Gasteiger partial charge in [0.2, 0.25) is 0 Å². The van der Waals surface area contributed by atoms with E-state index < -0.39 is 10.6 Å². The molecular formula is C3H3F2N3O2S. The second-order valence-electron chi connectivity index (χ2n) is 1.19. The lowest BCUT2D eigenvalue weighted by atomic mass is 10.7. The van der Waals surface area contributed by atoms with Crippen molar-refractivity contribution in [1.29, 1.82) is 0 Å². The topological polar surface area (TPSA) is 72.8 Å². The first-order valence-electron chi connectivity index (χ1n) is 2.23. The van der Waals surface area contributed by atoms with Gasteiger partial charge in [-0.3, -0.25) is 0 Å². The van der Waals surface area contributed by atoms with E-state index in [2.05, 4.69) is 15.4 Å². The molecule has 0 bridgehead atoms. The molecular weight excluding hydrogens is 180 g/mol. The molecule has 5 nitrogen and oxygen atoms in total. The third kappa shape index (κ3) is 17.7. The SMILES string of the molecule is O=S(=O)(F)F.c1cnnnc1. The Bertz CT molecular complexity index is 241. The molecule has 1 aromatic heterocycles. The molecule has 1 rings (SSSR count). The van der Waals surface area contributed by atoms with E-state index in [9.17, 15) is 7.77 Å². The van der Waals surface area contributed by atoms with Crippen LogP contribution in [0.1, 0.15) is 0 Å². The lowest BCUT2D eigenvalue weighted by Crippen LogP contribution is -1.78. The maximum Gasteiger partial charge on any atom is 0.476 e. The molecule has 11 heavy (non-hydrogen) atoms. The third-order valence-corrected chi connectivity index (χ3v) is 0.409. The first-order valence-corrected chi connectivity index (χ1v) is 3.51. The zero-order valence-electron chi connectivity index (χ0n) is 5.05. The fourth-order valence-corrected chi connectivity index (χ4v) is 0.205. The maximum absolute atomic E-state index is 9.99. The summed E-state index contributed by atoms with van der Waals surface area (Å²) in [5, 5.41) is 10.1. The maximum atomic E-state index is 9.99. The summed E-state index contributed by atoms with van der Waals surface area (Å²) >= 11 is 0.